The molecule has 0 aromatic rings. The fraction of sp³-hybridized carbons (Fsp3) is 0.333. The Morgan fingerprint density at radius 2 is 2.09 bits per heavy atom. The molecule has 2 nitrogen and oxygen atoms in total. The molecule has 0 aliphatic rings. The second-order valence-electron chi connectivity index (χ2n) is 2.33. The molecule has 0 aliphatic heterocycles. The Morgan fingerprint density at radius 1 is 1.55 bits per heavy atom. The van der Waals surface area contributed by atoms with Crippen molar-refractivity contribution in [2.24, 2.45) is 4.99 Å². The van der Waals surface area contributed by atoms with Gasteiger partial charge in [0.2, 0.25) is 0 Å². The summed E-state index contributed by atoms with van der Waals surface area (Å²) in [6.45, 7) is 7.33. The van der Waals surface area contributed by atoms with E-state index >= 15 is 0 Å². The van der Waals surface area contributed by atoms with Gasteiger partial charge in [-0.15, -0.1) is 0 Å². The van der Waals surface area contributed by atoms with Crippen LogP contribution in [0.15, 0.2) is 28.8 Å². The zero-order valence-electron chi connectivity index (χ0n) is 7.18. The van der Waals surface area contributed by atoms with Crippen LogP contribution in [-0.4, -0.2) is 12.8 Å². The molecule has 0 unspecified atom stereocenters. The van der Waals surface area contributed by atoms with Crippen molar-refractivity contribution in [1.29, 1.82) is 5.26 Å². The summed E-state index contributed by atoms with van der Waals surface area (Å²) in [4.78, 5) is 3.90. The van der Waals surface area contributed by atoms with Crippen molar-refractivity contribution in [3.05, 3.63) is 23.8 Å². The number of allylic oxidation sites excluding steroid dienone is 3. The van der Waals surface area contributed by atoms with E-state index < -0.39 is 0 Å². The van der Waals surface area contributed by atoms with Crippen LogP contribution in [0.1, 0.15) is 13.8 Å². The van der Waals surface area contributed by atoms with Crippen LogP contribution in [0.5, 0.6) is 0 Å². The van der Waals surface area contributed by atoms with E-state index in [9.17, 15) is 0 Å². The Morgan fingerprint density at radius 3 is 2.36 bits per heavy atom. The van der Waals surface area contributed by atoms with Crippen molar-refractivity contribution in [3.8, 4) is 6.07 Å². The zero-order valence-corrected chi connectivity index (χ0v) is 7.18. The highest BCUT2D eigenvalue weighted by Crippen LogP contribution is 2.01. The van der Waals surface area contributed by atoms with Crippen molar-refractivity contribution in [2.75, 3.05) is 7.05 Å². The van der Waals surface area contributed by atoms with Crippen molar-refractivity contribution < 1.29 is 0 Å². The van der Waals surface area contributed by atoms with Crippen LogP contribution < -0.4 is 0 Å². The van der Waals surface area contributed by atoms with E-state index in [1.54, 1.807) is 20.0 Å². The molecule has 0 saturated carbocycles. The van der Waals surface area contributed by atoms with Crippen LogP contribution in [0, 0.1) is 11.3 Å². The molecule has 0 aliphatic carbocycles. The Labute approximate surface area is 67.6 Å². The van der Waals surface area contributed by atoms with E-state index in [0.29, 0.717) is 5.57 Å². The Balaban J connectivity index is 4.72. The normalized spacial score (nSPS) is 12.5. The lowest BCUT2D eigenvalue weighted by molar-refractivity contribution is 1.40. The number of rotatable bonds is 2. The maximum atomic E-state index is 8.64. The number of hydrogen-bond donors (Lipinski definition) is 0. The van der Waals surface area contributed by atoms with Gasteiger partial charge in [0.05, 0.1) is 5.57 Å². The van der Waals surface area contributed by atoms with E-state index in [1.165, 1.54) is 0 Å². The smallest absolute Gasteiger partial charge is 0.101 e. The summed E-state index contributed by atoms with van der Waals surface area (Å²) in [5, 5.41) is 8.64. The minimum atomic E-state index is 0.583. The molecule has 58 valence electrons. The van der Waals surface area contributed by atoms with Crippen LogP contribution in [0.3, 0.4) is 0 Å². The van der Waals surface area contributed by atoms with Crippen molar-refractivity contribution in [2.45, 2.75) is 13.8 Å². The highest BCUT2D eigenvalue weighted by atomic mass is 14.7. The zero-order chi connectivity index (χ0) is 8.85. The van der Waals surface area contributed by atoms with Gasteiger partial charge in [-0.3, -0.25) is 4.99 Å². The second kappa shape index (κ2) is 4.45. The highest BCUT2D eigenvalue weighted by Gasteiger charge is 1.97. The van der Waals surface area contributed by atoms with E-state index in [1.807, 2.05) is 6.92 Å². The number of aliphatic imine (C=N–C) groups is 1. The molecule has 0 aromatic heterocycles. The molecule has 0 fully saturated rings. The van der Waals surface area contributed by atoms with Gasteiger partial charge in [0.15, 0.2) is 0 Å². The summed E-state index contributed by atoms with van der Waals surface area (Å²) < 4.78 is 0. The second-order valence-corrected chi connectivity index (χ2v) is 2.33. The van der Waals surface area contributed by atoms with Crippen molar-refractivity contribution in [3.63, 3.8) is 0 Å². The predicted molar refractivity (Wildman–Crippen MR) is 47.5 cm³/mol. The molecule has 11 heavy (non-hydrogen) atoms. The third-order valence-electron chi connectivity index (χ3n) is 1.24. The molecule has 0 saturated heterocycles. The van der Waals surface area contributed by atoms with E-state index in [4.69, 9.17) is 5.26 Å². The van der Waals surface area contributed by atoms with Gasteiger partial charge >= 0.3 is 0 Å². The fourth-order valence-corrected chi connectivity index (χ4v) is 0.584. The Kier molecular flexibility index (Phi) is 3.90. The molecule has 2 heteroatoms. The Hall–Kier alpha value is -1.36. The van der Waals surface area contributed by atoms with Gasteiger partial charge in [0.1, 0.15) is 6.07 Å². The molecule has 0 N–H and O–H groups in total. The maximum absolute atomic E-state index is 8.64. The molecule has 0 rings (SSSR count). The summed E-state index contributed by atoms with van der Waals surface area (Å²) in [7, 11) is 1.67. The first-order valence-corrected chi connectivity index (χ1v) is 3.33. The minimum Gasteiger partial charge on any atom is -0.292 e. The molecule has 0 bridgehead atoms. The molecule has 0 spiro atoms. The minimum absolute atomic E-state index is 0.583. The lowest BCUT2D eigenvalue weighted by Crippen LogP contribution is -1.94. The van der Waals surface area contributed by atoms with Gasteiger partial charge in [-0.2, -0.15) is 5.26 Å². The first kappa shape index (κ1) is 9.64. The van der Waals surface area contributed by atoms with E-state index in [0.717, 1.165) is 11.3 Å². The Bertz CT molecular complexity index is 251. The summed E-state index contributed by atoms with van der Waals surface area (Å²) in [5.74, 6) is 0. The molecular weight excluding hydrogens is 136 g/mol. The molecule has 0 radical (unpaired) electrons. The van der Waals surface area contributed by atoms with Gasteiger partial charge in [0.25, 0.3) is 0 Å². The summed E-state index contributed by atoms with van der Waals surface area (Å²) in [6.07, 6.45) is 1.72. The molecule has 0 atom stereocenters. The number of nitriles is 1. The molecule has 0 heterocycles. The first-order valence-electron chi connectivity index (χ1n) is 3.33. The third-order valence-corrected chi connectivity index (χ3v) is 1.24. The van der Waals surface area contributed by atoms with Crippen molar-refractivity contribution >= 4 is 5.71 Å². The fourth-order valence-electron chi connectivity index (χ4n) is 0.584. The highest BCUT2D eigenvalue weighted by molar-refractivity contribution is 6.01. The molecular formula is C9H12N2. The van der Waals surface area contributed by atoms with Crippen LogP contribution in [0.4, 0.5) is 0 Å². The van der Waals surface area contributed by atoms with Gasteiger partial charge in [-0.1, -0.05) is 12.2 Å². The van der Waals surface area contributed by atoms with Crippen LogP contribution >= 0.6 is 0 Å². The first-order chi connectivity index (χ1) is 5.11. The molecule has 0 amide bonds. The summed E-state index contributed by atoms with van der Waals surface area (Å²) in [6, 6.07) is 2.05. The molecule has 0 aromatic carbocycles. The largest absolute Gasteiger partial charge is 0.292 e. The predicted octanol–water partition coefficient (Wildman–Crippen LogP) is 2.10. The topological polar surface area (TPSA) is 36.1 Å². The van der Waals surface area contributed by atoms with Gasteiger partial charge in [-0.25, -0.2) is 0 Å². The maximum Gasteiger partial charge on any atom is 0.101 e. The quantitative estimate of drug-likeness (QED) is 0.335. The van der Waals surface area contributed by atoms with E-state index in [-0.39, 0.29) is 0 Å². The lowest BCUT2D eigenvalue weighted by atomic mass is 10.1. The van der Waals surface area contributed by atoms with Gasteiger partial charge in [-0.05, 0) is 19.9 Å². The van der Waals surface area contributed by atoms with Gasteiger partial charge < -0.3 is 0 Å². The van der Waals surface area contributed by atoms with Crippen LogP contribution in [-0.2, 0) is 0 Å². The number of nitrogens with zero attached hydrogens (tertiary/aromatic N) is 2. The van der Waals surface area contributed by atoms with Crippen LogP contribution in [0.2, 0.25) is 0 Å². The van der Waals surface area contributed by atoms with E-state index in [2.05, 4.69) is 17.6 Å². The average molecular weight is 148 g/mol. The summed E-state index contributed by atoms with van der Waals surface area (Å²) >= 11 is 0. The SMILES string of the molecule is C=C(C)/C=C(/C#N)C(C)=NC. The summed E-state index contributed by atoms with van der Waals surface area (Å²) in [5.41, 5.74) is 2.19. The van der Waals surface area contributed by atoms with Crippen LogP contribution in [0.25, 0.3) is 0 Å². The monoisotopic (exact) mass is 148 g/mol. The third kappa shape index (κ3) is 3.36. The lowest BCUT2D eigenvalue weighted by Gasteiger charge is -1.94. The standard InChI is InChI=1S/C9H12N2/c1-7(2)5-9(6-10)8(3)11-4/h5H,1H2,2-4H3/b9-5-,11-8?. The van der Waals surface area contributed by atoms with Crippen molar-refractivity contribution in [1.82, 2.24) is 0 Å². The number of hydrogen-bond acceptors (Lipinski definition) is 2. The van der Waals surface area contributed by atoms with Gasteiger partial charge in [0, 0.05) is 12.8 Å². The average Bonchev–Trinajstić information content (AvgIpc) is 1.98.